The van der Waals surface area contributed by atoms with Crippen molar-refractivity contribution >= 4 is 11.6 Å². The predicted molar refractivity (Wildman–Crippen MR) is 154 cm³/mol. The summed E-state index contributed by atoms with van der Waals surface area (Å²) < 4.78 is 0. The van der Waals surface area contributed by atoms with Crippen LogP contribution in [0.15, 0.2) is 133 Å². The maximum absolute atomic E-state index is 6.35. The quantitative estimate of drug-likeness (QED) is 0.242. The lowest BCUT2D eigenvalue weighted by Crippen LogP contribution is -2.05. The van der Waals surface area contributed by atoms with Crippen molar-refractivity contribution in [2.45, 2.75) is 12.3 Å². The van der Waals surface area contributed by atoms with Crippen molar-refractivity contribution < 1.29 is 0 Å². The van der Waals surface area contributed by atoms with Crippen molar-refractivity contribution in [1.82, 2.24) is 9.97 Å². The van der Waals surface area contributed by atoms with E-state index >= 15 is 0 Å². The van der Waals surface area contributed by atoms with Crippen LogP contribution < -0.4 is 0 Å². The Morgan fingerprint density at radius 2 is 1.14 bits per heavy atom. The number of aromatic nitrogens is 2. The average Bonchev–Trinajstić information content (AvgIpc) is 2.98. The fourth-order valence-electron chi connectivity index (χ4n) is 4.72. The maximum Gasteiger partial charge on any atom is 0.136 e. The third-order valence-corrected chi connectivity index (χ3v) is 6.85. The highest BCUT2D eigenvalue weighted by atomic mass is 35.5. The molecule has 5 aromatic rings. The first-order chi connectivity index (χ1) is 18.2. The summed E-state index contributed by atoms with van der Waals surface area (Å²) in [7, 11) is 0. The number of allylic oxidation sites excluding steroid dienone is 4. The normalized spacial score (nSPS) is 14.6. The molecule has 37 heavy (non-hydrogen) atoms. The second-order valence-electron chi connectivity index (χ2n) is 9.19. The van der Waals surface area contributed by atoms with Crippen molar-refractivity contribution in [3.05, 3.63) is 144 Å². The van der Waals surface area contributed by atoms with Crippen LogP contribution in [0.2, 0.25) is 5.02 Å². The standard InChI is InChI=1S/C34H25ClN2/c35-31-18-10-17-27(22-31)32-23-33(37-34(36-32)26-15-8-3-9-16-26)30-20-28(24-11-4-1-5-12-24)19-29(21-30)25-13-6-2-7-14-25/h1-15,17-23,26H,16H2. The van der Waals surface area contributed by atoms with E-state index < -0.39 is 0 Å². The minimum atomic E-state index is 0.133. The molecule has 1 unspecified atom stereocenters. The van der Waals surface area contributed by atoms with E-state index in [4.69, 9.17) is 21.6 Å². The molecule has 1 aromatic heterocycles. The number of nitrogens with zero attached hydrogens (tertiary/aromatic N) is 2. The van der Waals surface area contributed by atoms with Crippen LogP contribution in [0.3, 0.4) is 0 Å². The molecule has 1 aliphatic rings. The van der Waals surface area contributed by atoms with Gasteiger partial charge in [-0.1, -0.05) is 109 Å². The van der Waals surface area contributed by atoms with E-state index in [1.54, 1.807) is 0 Å². The van der Waals surface area contributed by atoms with Gasteiger partial charge in [-0.2, -0.15) is 0 Å². The molecule has 0 radical (unpaired) electrons. The molecule has 1 atom stereocenters. The summed E-state index contributed by atoms with van der Waals surface area (Å²) in [5.74, 6) is 0.952. The zero-order chi connectivity index (χ0) is 25.0. The van der Waals surface area contributed by atoms with Gasteiger partial charge in [0.05, 0.1) is 11.4 Å². The van der Waals surface area contributed by atoms with Gasteiger partial charge in [0.15, 0.2) is 0 Å². The zero-order valence-electron chi connectivity index (χ0n) is 20.3. The molecule has 0 amide bonds. The molecular weight excluding hydrogens is 472 g/mol. The highest BCUT2D eigenvalue weighted by molar-refractivity contribution is 6.30. The summed E-state index contributed by atoms with van der Waals surface area (Å²) >= 11 is 6.35. The third kappa shape index (κ3) is 5.16. The molecule has 0 spiro atoms. The maximum atomic E-state index is 6.35. The Hall–Kier alpha value is -4.27. The largest absolute Gasteiger partial charge is 0.232 e. The molecule has 0 N–H and O–H groups in total. The molecule has 0 saturated heterocycles. The van der Waals surface area contributed by atoms with Gasteiger partial charge in [0, 0.05) is 22.1 Å². The van der Waals surface area contributed by atoms with Gasteiger partial charge in [-0.3, -0.25) is 0 Å². The Labute approximate surface area is 222 Å². The number of hydrogen-bond donors (Lipinski definition) is 0. The Kier molecular flexibility index (Phi) is 6.49. The van der Waals surface area contributed by atoms with Crippen LogP contribution in [-0.4, -0.2) is 9.97 Å². The number of benzene rings is 4. The molecular formula is C34H25ClN2. The van der Waals surface area contributed by atoms with Crippen LogP contribution in [0.1, 0.15) is 18.2 Å². The summed E-state index contributed by atoms with van der Waals surface area (Å²) in [6.45, 7) is 0. The molecule has 3 heteroatoms. The van der Waals surface area contributed by atoms with E-state index in [2.05, 4.69) is 97.1 Å². The van der Waals surface area contributed by atoms with Gasteiger partial charge in [-0.15, -0.1) is 0 Å². The van der Waals surface area contributed by atoms with Gasteiger partial charge in [-0.05, 0) is 65.1 Å². The summed E-state index contributed by atoms with van der Waals surface area (Å²) in [5, 5.41) is 0.692. The average molecular weight is 497 g/mol. The molecule has 178 valence electrons. The SMILES string of the molecule is Clc1cccc(-c2cc(-c3cc(-c4ccccc4)cc(-c4ccccc4)c3)nc(C3C=CC=CC3)n2)c1. The van der Waals surface area contributed by atoms with Crippen molar-refractivity contribution in [2.75, 3.05) is 0 Å². The highest BCUT2D eigenvalue weighted by Gasteiger charge is 2.17. The topological polar surface area (TPSA) is 25.8 Å². The summed E-state index contributed by atoms with van der Waals surface area (Å²) in [5.41, 5.74) is 8.47. The monoisotopic (exact) mass is 496 g/mol. The van der Waals surface area contributed by atoms with Crippen molar-refractivity contribution in [1.29, 1.82) is 0 Å². The van der Waals surface area contributed by atoms with Gasteiger partial charge in [0.25, 0.3) is 0 Å². The van der Waals surface area contributed by atoms with Crippen molar-refractivity contribution in [3.8, 4) is 44.8 Å². The van der Waals surface area contributed by atoms with Gasteiger partial charge in [0.1, 0.15) is 5.82 Å². The molecule has 0 aliphatic heterocycles. The summed E-state index contributed by atoms with van der Waals surface area (Å²) in [6, 6.07) is 37.6. The Morgan fingerprint density at radius 1 is 0.541 bits per heavy atom. The molecule has 1 aliphatic carbocycles. The first-order valence-electron chi connectivity index (χ1n) is 12.5. The lowest BCUT2D eigenvalue weighted by atomic mass is 9.94. The number of halogens is 1. The van der Waals surface area contributed by atoms with Crippen LogP contribution in [0.5, 0.6) is 0 Å². The molecule has 0 bridgehead atoms. The molecule has 2 nitrogen and oxygen atoms in total. The number of hydrogen-bond acceptors (Lipinski definition) is 2. The van der Waals surface area contributed by atoms with E-state index in [1.807, 2.05) is 36.4 Å². The lowest BCUT2D eigenvalue weighted by molar-refractivity contribution is 0.775. The van der Waals surface area contributed by atoms with E-state index in [9.17, 15) is 0 Å². The zero-order valence-corrected chi connectivity index (χ0v) is 21.0. The molecule has 1 heterocycles. The molecule has 0 saturated carbocycles. The van der Waals surface area contributed by atoms with Crippen LogP contribution in [0, 0.1) is 0 Å². The highest BCUT2D eigenvalue weighted by Crippen LogP contribution is 2.35. The van der Waals surface area contributed by atoms with Crippen molar-refractivity contribution in [2.24, 2.45) is 0 Å². The fraction of sp³-hybridized carbons (Fsp3) is 0.0588. The van der Waals surface area contributed by atoms with Gasteiger partial charge >= 0.3 is 0 Å². The van der Waals surface area contributed by atoms with Crippen LogP contribution in [-0.2, 0) is 0 Å². The van der Waals surface area contributed by atoms with Gasteiger partial charge < -0.3 is 0 Å². The molecule has 0 fully saturated rings. The summed E-state index contributed by atoms with van der Waals surface area (Å²) in [6.07, 6.45) is 9.38. The molecule has 4 aromatic carbocycles. The van der Waals surface area contributed by atoms with E-state index in [0.29, 0.717) is 5.02 Å². The lowest BCUT2D eigenvalue weighted by Gasteiger charge is -2.16. The Bertz CT molecular complexity index is 1550. The number of rotatable bonds is 5. The van der Waals surface area contributed by atoms with E-state index in [0.717, 1.165) is 45.9 Å². The first kappa shape index (κ1) is 23.1. The Morgan fingerprint density at radius 3 is 1.73 bits per heavy atom. The van der Waals surface area contributed by atoms with Gasteiger partial charge in [-0.25, -0.2) is 9.97 Å². The van der Waals surface area contributed by atoms with E-state index in [-0.39, 0.29) is 5.92 Å². The van der Waals surface area contributed by atoms with Gasteiger partial charge in [0.2, 0.25) is 0 Å². The van der Waals surface area contributed by atoms with E-state index in [1.165, 1.54) is 11.1 Å². The first-order valence-corrected chi connectivity index (χ1v) is 12.9. The van der Waals surface area contributed by atoms with Crippen molar-refractivity contribution in [3.63, 3.8) is 0 Å². The molecule has 6 rings (SSSR count). The second-order valence-corrected chi connectivity index (χ2v) is 9.63. The Balaban J connectivity index is 1.56. The van der Waals surface area contributed by atoms with Crippen LogP contribution >= 0.6 is 11.6 Å². The predicted octanol–water partition coefficient (Wildman–Crippen LogP) is 9.40. The minimum Gasteiger partial charge on any atom is -0.232 e. The van der Waals surface area contributed by atoms with Crippen LogP contribution in [0.4, 0.5) is 0 Å². The second kappa shape index (κ2) is 10.4. The fourth-order valence-corrected chi connectivity index (χ4v) is 4.91. The minimum absolute atomic E-state index is 0.133. The summed E-state index contributed by atoms with van der Waals surface area (Å²) in [4.78, 5) is 10.1. The van der Waals surface area contributed by atoms with Crippen LogP contribution in [0.25, 0.3) is 44.8 Å². The smallest absolute Gasteiger partial charge is 0.136 e. The third-order valence-electron chi connectivity index (χ3n) is 6.62.